The minimum absolute atomic E-state index is 0.339. The first-order chi connectivity index (χ1) is 10.1. The first-order valence-electron chi connectivity index (χ1n) is 6.98. The molecule has 4 heteroatoms. The summed E-state index contributed by atoms with van der Waals surface area (Å²) < 4.78 is 5.78. The van der Waals surface area contributed by atoms with Gasteiger partial charge in [-0.3, -0.25) is 0 Å². The summed E-state index contributed by atoms with van der Waals surface area (Å²) in [6.07, 6.45) is -0.339. The zero-order valence-electron chi connectivity index (χ0n) is 12.1. The van der Waals surface area contributed by atoms with Gasteiger partial charge < -0.3 is 15.2 Å². The van der Waals surface area contributed by atoms with E-state index in [0.717, 1.165) is 21.9 Å². The first-order valence-corrected chi connectivity index (χ1v) is 7.36. The molecular formula is C17H20ClNO2. The van der Waals surface area contributed by atoms with Gasteiger partial charge in [-0.15, -0.1) is 0 Å². The Morgan fingerprint density at radius 2 is 1.90 bits per heavy atom. The molecule has 0 saturated heterocycles. The molecule has 2 N–H and O–H groups in total. The van der Waals surface area contributed by atoms with Crippen molar-refractivity contribution in [3.63, 3.8) is 0 Å². The van der Waals surface area contributed by atoms with Crippen molar-refractivity contribution in [2.24, 2.45) is 0 Å². The number of benzene rings is 2. The molecule has 0 unspecified atom stereocenters. The third-order valence-corrected chi connectivity index (χ3v) is 3.24. The van der Waals surface area contributed by atoms with Crippen LogP contribution in [0.2, 0.25) is 5.02 Å². The molecule has 0 fully saturated rings. The van der Waals surface area contributed by atoms with Crippen LogP contribution in [0.1, 0.15) is 18.1 Å². The Morgan fingerprint density at radius 1 is 1.14 bits per heavy atom. The second-order valence-corrected chi connectivity index (χ2v) is 5.48. The Kier molecular flexibility index (Phi) is 6.05. The molecule has 0 spiro atoms. The molecule has 2 rings (SSSR count). The van der Waals surface area contributed by atoms with Crippen LogP contribution in [0.25, 0.3) is 0 Å². The summed E-state index contributed by atoms with van der Waals surface area (Å²) in [5, 5.41) is 13.1. The van der Waals surface area contributed by atoms with Gasteiger partial charge in [-0.25, -0.2) is 0 Å². The van der Waals surface area contributed by atoms with Crippen LogP contribution >= 0.6 is 11.6 Å². The number of aliphatic hydroxyl groups excluding tert-OH is 1. The third-order valence-electron chi connectivity index (χ3n) is 2.99. The van der Waals surface area contributed by atoms with Crippen molar-refractivity contribution in [3.05, 3.63) is 64.7 Å². The normalized spacial score (nSPS) is 12.1. The molecule has 0 amide bonds. The fraction of sp³-hybridized carbons (Fsp3) is 0.294. The second-order valence-electron chi connectivity index (χ2n) is 5.04. The summed E-state index contributed by atoms with van der Waals surface area (Å²) >= 11 is 5.85. The minimum atomic E-state index is -0.339. The molecule has 0 radical (unpaired) electrons. The summed E-state index contributed by atoms with van der Waals surface area (Å²) in [5.41, 5.74) is 2.21. The standard InChI is InChI=1S/C17H20ClNO2/c1-13(20)10-19-11-15-3-2-4-17(9-15)21-12-14-5-7-16(18)8-6-14/h2-9,13,19-20H,10-12H2,1H3/t13-/m0/s1. The lowest BCUT2D eigenvalue weighted by Gasteiger charge is -2.10. The van der Waals surface area contributed by atoms with E-state index in [2.05, 4.69) is 5.32 Å². The van der Waals surface area contributed by atoms with E-state index in [9.17, 15) is 5.11 Å². The molecule has 1 atom stereocenters. The van der Waals surface area contributed by atoms with Gasteiger partial charge in [0.25, 0.3) is 0 Å². The summed E-state index contributed by atoms with van der Waals surface area (Å²) in [7, 11) is 0. The van der Waals surface area contributed by atoms with E-state index >= 15 is 0 Å². The summed E-state index contributed by atoms with van der Waals surface area (Å²) in [5.74, 6) is 0.835. The quantitative estimate of drug-likeness (QED) is 0.824. The highest BCUT2D eigenvalue weighted by Crippen LogP contribution is 2.16. The predicted octanol–water partition coefficient (Wildman–Crippen LogP) is 3.39. The molecule has 0 aliphatic rings. The smallest absolute Gasteiger partial charge is 0.120 e. The zero-order chi connectivity index (χ0) is 15.1. The number of aliphatic hydroxyl groups is 1. The number of nitrogens with one attached hydrogen (secondary N) is 1. The molecule has 0 saturated carbocycles. The van der Waals surface area contributed by atoms with E-state index < -0.39 is 0 Å². The highest BCUT2D eigenvalue weighted by Gasteiger charge is 2.00. The topological polar surface area (TPSA) is 41.5 Å². The SMILES string of the molecule is C[C@H](O)CNCc1cccc(OCc2ccc(Cl)cc2)c1. The molecule has 0 aliphatic carbocycles. The first kappa shape index (κ1) is 15.8. The number of rotatable bonds is 7. The maximum Gasteiger partial charge on any atom is 0.120 e. The lowest BCUT2D eigenvalue weighted by molar-refractivity contribution is 0.191. The van der Waals surface area contributed by atoms with Gasteiger partial charge in [0.1, 0.15) is 12.4 Å². The van der Waals surface area contributed by atoms with Gasteiger partial charge in [0, 0.05) is 18.1 Å². The van der Waals surface area contributed by atoms with Crippen LogP contribution < -0.4 is 10.1 Å². The Hall–Kier alpha value is -1.55. The van der Waals surface area contributed by atoms with Crippen LogP contribution in [-0.4, -0.2) is 17.8 Å². The van der Waals surface area contributed by atoms with Crippen molar-refractivity contribution < 1.29 is 9.84 Å². The average molecular weight is 306 g/mol. The molecular weight excluding hydrogens is 286 g/mol. The van der Waals surface area contributed by atoms with E-state index in [0.29, 0.717) is 19.7 Å². The fourth-order valence-corrected chi connectivity index (χ4v) is 2.04. The van der Waals surface area contributed by atoms with Crippen LogP contribution in [-0.2, 0) is 13.2 Å². The Labute approximate surface area is 130 Å². The maximum absolute atomic E-state index is 9.22. The number of halogens is 1. The van der Waals surface area contributed by atoms with Crippen molar-refractivity contribution in [1.82, 2.24) is 5.32 Å². The van der Waals surface area contributed by atoms with Gasteiger partial charge in [-0.2, -0.15) is 0 Å². The molecule has 2 aromatic rings. The van der Waals surface area contributed by atoms with Crippen LogP contribution in [0.15, 0.2) is 48.5 Å². The van der Waals surface area contributed by atoms with Crippen molar-refractivity contribution >= 4 is 11.6 Å². The van der Waals surface area contributed by atoms with E-state index in [-0.39, 0.29) is 6.10 Å². The number of hydrogen-bond acceptors (Lipinski definition) is 3. The van der Waals surface area contributed by atoms with Crippen molar-refractivity contribution in [2.75, 3.05) is 6.54 Å². The molecule has 0 aromatic heterocycles. The van der Waals surface area contributed by atoms with E-state index in [1.54, 1.807) is 6.92 Å². The summed E-state index contributed by atoms with van der Waals surface area (Å²) in [6.45, 7) is 3.57. The van der Waals surface area contributed by atoms with Crippen LogP contribution in [0.3, 0.4) is 0 Å². The zero-order valence-corrected chi connectivity index (χ0v) is 12.8. The minimum Gasteiger partial charge on any atom is -0.489 e. The molecule has 0 aliphatic heterocycles. The number of hydrogen-bond donors (Lipinski definition) is 2. The van der Waals surface area contributed by atoms with E-state index in [1.165, 1.54) is 0 Å². The fourth-order valence-electron chi connectivity index (χ4n) is 1.92. The molecule has 0 bridgehead atoms. The van der Waals surface area contributed by atoms with Crippen molar-refractivity contribution in [1.29, 1.82) is 0 Å². The third kappa shape index (κ3) is 5.76. The molecule has 3 nitrogen and oxygen atoms in total. The van der Waals surface area contributed by atoms with Crippen LogP contribution in [0.5, 0.6) is 5.75 Å². The van der Waals surface area contributed by atoms with Gasteiger partial charge in [0.2, 0.25) is 0 Å². The summed E-state index contributed by atoms with van der Waals surface area (Å²) in [6, 6.07) is 15.6. The van der Waals surface area contributed by atoms with E-state index in [4.69, 9.17) is 16.3 Å². The lowest BCUT2D eigenvalue weighted by atomic mass is 10.2. The molecule has 21 heavy (non-hydrogen) atoms. The second kappa shape index (κ2) is 8.03. The van der Waals surface area contributed by atoms with Gasteiger partial charge in [-0.1, -0.05) is 35.9 Å². The van der Waals surface area contributed by atoms with Gasteiger partial charge in [0.15, 0.2) is 0 Å². The molecule has 112 valence electrons. The maximum atomic E-state index is 9.22. The Morgan fingerprint density at radius 3 is 2.62 bits per heavy atom. The van der Waals surface area contributed by atoms with Crippen LogP contribution in [0, 0.1) is 0 Å². The Bertz CT molecular complexity index is 555. The van der Waals surface area contributed by atoms with E-state index in [1.807, 2.05) is 48.5 Å². The van der Waals surface area contributed by atoms with Gasteiger partial charge in [-0.05, 0) is 42.3 Å². The van der Waals surface area contributed by atoms with Gasteiger partial charge in [0.05, 0.1) is 6.10 Å². The highest BCUT2D eigenvalue weighted by atomic mass is 35.5. The highest BCUT2D eigenvalue weighted by molar-refractivity contribution is 6.30. The molecule has 0 heterocycles. The lowest BCUT2D eigenvalue weighted by Crippen LogP contribution is -2.23. The number of ether oxygens (including phenoxy) is 1. The van der Waals surface area contributed by atoms with Crippen molar-refractivity contribution in [2.45, 2.75) is 26.2 Å². The predicted molar refractivity (Wildman–Crippen MR) is 85.6 cm³/mol. The summed E-state index contributed by atoms with van der Waals surface area (Å²) in [4.78, 5) is 0. The monoisotopic (exact) mass is 305 g/mol. The van der Waals surface area contributed by atoms with Crippen molar-refractivity contribution in [3.8, 4) is 5.75 Å². The van der Waals surface area contributed by atoms with Gasteiger partial charge >= 0.3 is 0 Å². The van der Waals surface area contributed by atoms with Crippen LogP contribution in [0.4, 0.5) is 0 Å². The average Bonchev–Trinajstić information content (AvgIpc) is 2.47. The molecule has 2 aromatic carbocycles. The largest absolute Gasteiger partial charge is 0.489 e. The Balaban J connectivity index is 1.87.